The number of hydrogen-bond acceptors (Lipinski definition) is 3. The number of nitrogens with one attached hydrogen (secondary N) is 1. The number of piperazine rings is 1. The van der Waals surface area contributed by atoms with E-state index in [0.29, 0.717) is 23.0 Å². The van der Waals surface area contributed by atoms with Crippen molar-refractivity contribution in [2.45, 2.75) is 19.0 Å². The van der Waals surface area contributed by atoms with Crippen molar-refractivity contribution < 1.29 is 4.79 Å². The molecular formula is C15H21Cl2N3O. The average molecular weight is 330 g/mol. The molecule has 1 heterocycles. The number of amides is 1. The number of nitrogens with zero attached hydrogens (tertiary/aromatic N) is 2. The van der Waals surface area contributed by atoms with Crippen LogP contribution in [0.1, 0.15) is 12.0 Å². The molecule has 1 atom stereocenters. The molecule has 2 rings (SSSR count). The van der Waals surface area contributed by atoms with Gasteiger partial charge in [0.1, 0.15) is 0 Å². The summed E-state index contributed by atoms with van der Waals surface area (Å²) in [4.78, 5) is 16.6. The van der Waals surface area contributed by atoms with Gasteiger partial charge in [0.25, 0.3) is 0 Å². The Morgan fingerprint density at radius 3 is 2.86 bits per heavy atom. The molecule has 1 amide bonds. The summed E-state index contributed by atoms with van der Waals surface area (Å²) in [6.45, 7) is 3.37. The van der Waals surface area contributed by atoms with Crippen LogP contribution in [0.25, 0.3) is 0 Å². The Balaban J connectivity index is 1.85. The predicted octanol–water partition coefficient (Wildman–Crippen LogP) is 2.25. The van der Waals surface area contributed by atoms with Gasteiger partial charge in [-0.15, -0.1) is 0 Å². The minimum Gasteiger partial charge on any atom is -0.352 e. The van der Waals surface area contributed by atoms with Gasteiger partial charge in [-0.2, -0.15) is 0 Å². The van der Waals surface area contributed by atoms with Crippen LogP contribution in [0.15, 0.2) is 18.2 Å². The first-order valence-corrected chi connectivity index (χ1v) is 7.80. The Bertz CT molecular complexity index is 510. The molecule has 1 aliphatic heterocycles. The molecule has 0 radical (unpaired) electrons. The molecule has 116 valence electrons. The summed E-state index contributed by atoms with van der Waals surface area (Å²) >= 11 is 12.0. The molecule has 0 aliphatic carbocycles. The number of halogens is 2. The number of carbonyl (C=O) groups excluding carboxylic acids is 1. The summed E-state index contributed by atoms with van der Waals surface area (Å²) in [7, 11) is 4.16. The number of rotatable bonds is 4. The van der Waals surface area contributed by atoms with E-state index in [0.717, 1.165) is 25.2 Å². The predicted molar refractivity (Wildman–Crippen MR) is 86.8 cm³/mol. The molecule has 1 aliphatic rings. The van der Waals surface area contributed by atoms with Crippen LogP contribution >= 0.6 is 23.2 Å². The Kier molecular flexibility index (Phi) is 5.88. The normalized spacial score (nSPS) is 20.5. The van der Waals surface area contributed by atoms with Crippen LogP contribution in [-0.4, -0.2) is 55.5 Å². The highest BCUT2D eigenvalue weighted by Gasteiger charge is 2.24. The van der Waals surface area contributed by atoms with E-state index in [4.69, 9.17) is 23.2 Å². The van der Waals surface area contributed by atoms with E-state index >= 15 is 0 Å². The van der Waals surface area contributed by atoms with E-state index in [-0.39, 0.29) is 11.9 Å². The van der Waals surface area contributed by atoms with Crippen molar-refractivity contribution in [2.24, 2.45) is 0 Å². The van der Waals surface area contributed by atoms with Gasteiger partial charge >= 0.3 is 0 Å². The molecule has 1 aromatic carbocycles. The standard InChI is InChI=1S/C15H21Cl2N3O/c1-19-5-6-20(2)13(10-19)8-15(21)18-9-11-7-12(16)3-4-14(11)17/h3-4,7,13H,5-6,8-10H2,1-2H3,(H,18,21)/t13-/m1/s1. The molecule has 1 saturated heterocycles. The van der Waals surface area contributed by atoms with Crippen molar-refractivity contribution in [2.75, 3.05) is 33.7 Å². The zero-order valence-corrected chi connectivity index (χ0v) is 13.9. The minimum absolute atomic E-state index is 0.0400. The van der Waals surface area contributed by atoms with E-state index in [2.05, 4.69) is 29.2 Å². The van der Waals surface area contributed by atoms with Gasteiger partial charge in [0.05, 0.1) is 0 Å². The van der Waals surface area contributed by atoms with Gasteiger partial charge in [0.2, 0.25) is 5.91 Å². The van der Waals surface area contributed by atoms with Crippen molar-refractivity contribution >= 4 is 29.1 Å². The SMILES string of the molecule is CN1CCN(C)[C@H](CC(=O)NCc2cc(Cl)ccc2Cl)C1. The lowest BCUT2D eigenvalue weighted by Gasteiger charge is -2.37. The van der Waals surface area contributed by atoms with E-state index in [1.54, 1.807) is 18.2 Å². The lowest BCUT2D eigenvalue weighted by molar-refractivity contribution is -0.122. The van der Waals surface area contributed by atoms with Crippen LogP contribution in [0, 0.1) is 0 Å². The Hall–Kier alpha value is -0.810. The third-order valence-electron chi connectivity index (χ3n) is 3.88. The largest absolute Gasteiger partial charge is 0.352 e. The number of benzene rings is 1. The molecule has 0 bridgehead atoms. The lowest BCUT2D eigenvalue weighted by Crippen LogP contribution is -2.51. The summed E-state index contributed by atoms with van der Waals surface area (Å²) < 4.78 is 0. The molecule has 0 spiro atoms. The van der Waals surface area contributed by atoms with Crippen LogP contribution in [0.2, 0.25) is 10.0 Å². The first-order chi connectivity index (χ1) is 9.95. The summed E-state index contributed by atoms with van der Waals surface area (Å²) in [6, 6.07) is 5.53. The molecule has 1 fully saturated rings. The summed E-state index contributed by atoms with van der Waals surface area (Å²) in [5.41, 5.74) is 0.839. The fourth-order valence-electron chi connectivity index (χ4n) is 2.48. The van der Waals surface area contributed by atoms with Crippen LogP contribution in [0.5, 0.6) is 0 Å². The van der Waals surface area contributed by atoms with Crippen molar-refractivity contribution in [3.63, 3.8) is 0 Å². The van der Waals surface area contributed by atoms with Crippen molar-refractivity contribution in [1.29, 1.82) is 0 Å². The zero-order valence-electron chi connectivity index (χ0n) is 12.4. The molecule has 6 heteroatoms. The minimum atomic E-state index is 0.0400. The lowest BCUT2D eigenvalue weighted by atomic mass is 10.1. The highest BCUT2D eigenvalue weighted by Crippen LogP contribution is 2.20. The van der Waals surface area contributed by atoms with Crippen molar-refractivity contribution in [3.05, 3.63) is 33.8 Å². The van der Waals surface area contributed by atoms with Gasteiger partial charge < -0.3 is 15.1 Å². The highest BCUT2D eigenvalue weighted by atomic mass is 35.5. The summed E-state index contributed by atoms with van der Waals surface area (Å²) in [6.07, 6.45) is 0.499. The summed E-state index contributed by atoms with van der Waals surface area (Å²) in [5, 5.41) is 4.16. The number of hydrogen-bond donors (Lipinski definition) is 1. The van der Waals surface area contributed by atoms with Crippen LogP contribution < -0.4 is 5.32 Å². The van der Waals surface area contributed by atoms with Gasteiger partial charge in [-0.1, -0.05) is 23.2 Å². The molecule has 1 N–H and O–H groups in total. The zero-order chi connectivity index (χ0) is 15.4. The maximum atomic E-state index is 12.1. The van der Waals surface area contributed by atoms with Gasteiger partial charge in [-0.3, -0.25) is 4.79 Å². The number of carbonyl (C=O) groups is 1. The van der Waals surface area contributed by atoms with E-state index in [1.165, 1.54) is 0 Å². The second-order valence-electron chi connectivity index (χ2n) is 5.61. The average Bonchev–Trinajstić information content (AvgIpc) is 2.44. The van der Waals surface area contributed by atoms with Gasteiger partial charge in [-0.05, 0) is 37.9 Å². The second-order valence-corrected chi connectivity index (χ2v) is 6.46. The maximum Gasteiger partial charge on any atom is 0.221 e. The van der Waals surface area contributed by atoms with Crippen molar-refractivity contribution in [3.8, 4) is 0 Å². The molecule has 1 aromatic rings. The Morgan fingerprint density at radius 1 is 1.33 bits per heavy atom. The van der Waals surface area contributed by atoms with Crippen LogP contribution in [0.4, 0.5) is 0 Å². The van der Waals surface area contributed by atoms with Crippen molar-refractivity contribution in [1.82, 2.24) is 15.1 Å². The van der Waals surface area contributed by atoms with E-state index < -0.39 is 0 Å². The fourth-order valence-corrected chi connectivity index (χ4v) is 2.86. The van der Waals surface area contributed by atoms with E-state index in [1.807, 2.05) is 0 Å². The first-order valence-electron chi connectivity index (χ1n) is 7.05. The first kappa shape index (κ1) is 16.6. The third kappa shape index (κ3) is 4.85. The quantitative estimate of drug-likeness (QED) is 0.920. The topological polar surface area (TPSA) is 35.6 Å². The number of likely N-dealkylation sites (N-methyl/N-ethyl adjacent to an activating group) is 2. The fraction of sp³-hybridized carbons (Fsp3) is 0.533. The molecule has 21 heavy (non-hydrogen) atoms. The van der Waals surface area contributed by atoms with E-state index in [9.17, 15) is 4.79 Å². The van der Waals surface area contributed by atoms with Gasteiger partial charge in [-0.25, -0.2) is 0 Å². The van der Waals surface area contributed by atoms with Gasteiger partial charge in [0, 0.05) is 48.7 Å². The molecule has 0 aromatic heterocycles. The Morgan fingerprint density at radius 2 is 2.10 bits per heavy atom. The highest BCUT2D eigenvalue weighted by molar-refractivity contribution is 6.33. The molecule has 0 saturated carbocycles. The molecular weight excluding hydrogens is 309 g/mol. The monoisotopic (exact) mass is 329 g/mol. The second kappa shape index (κ2) is 7.45. The molecule has 0 unspecified atom stereocenters. The maximum absolute atomic E-state index is 12.1. The molecule has 4 nitrogen and oxygen atoms in total. The third-order valence-corrected chi connectivity index (χ3v) is 4.49. The van der Waals surface area contributed by atoms with Crippen LogP contribution in [0.3, 0.4) is 0 Å². The Labute approximate surface area is 136 Å². The summed E-state index contributed by atoms with van der Waals surface area (Å²) in [5.74, 6) is 0.0400. The van der Waals surface area contributed by atoms with Crippen LogP contribution in [-0.2, 0) is 11.3 Å². The van der Waals surface area contributed by atoms with Gasteiger partial charge in [0.15, 0.2) is 0 Å². The smallest absolute Gasteiger partial charge is 0.221 e.